The van der Waals surface area contributed by atoms with Gasteiger partial charge >= 0.3 is 11.9 Å². The van der Waals surface area contributed by atoms with Crippen LogP contribution in [-0.2, 0) is 9.53 Å². The maximum absolute atomic E-state index is 11.7. The fourth-order valence-corrected chi connectivity index (χ4v) is 1.61. The number of hydrogen-bond acceptors (Lipinski definition) is 7. The molecule has 9 heteroatoms. The van der Waals surface area contributed by atoms with Gasteiger partial charge in [0.15, 0.2) is 6.61 Å². The van der Waals surface area contributed by atoms with Crippen molar-refractivity contribution < 1.29 is 23.7 Å². The van der Waals surface area contributed by atoms with Gasteiger partial charge in [0, 0.05) is 0 Å². The zero-order valence-electron chi connectivity index (χ0n) is 11.5. The van der Waals surface area contributed by atoms with Crippen molar-refractivity contribution >= 4 is 23.4 Å². The van der Waals surface area contributed by atoms with Gasteiger partial charge in [-0.15, -0.1) is 0 Å². The maximum Gasteiger partial charge on any atom is 0.433 e. The first-order valence-corrected chi connectivity index (χ1v) is 6.21. The average molecular weight is 315 g/mol. The highest BCUT2D eigenvalue weighted by atomic mass is 16.7. The smallest absolute Gasteiger partial charge is 0.433 e. The number of furan rings is 1. The fraction of sp³-hybridized carbons (Fsp3) is 0.0714. The number of nitrogens with zero attached hydrogens (tertiary/aromatic N) is 2. The number of nitro groups is 1. The van der Waals surface area contributed by atoms with Gasteiger partial charge in [-0.3, -0.25) is 14.9 Å². The number of ether oxygens (including phenoxy) is 1. The third kappa shape index (κ3) is 3.92. The molecule has 0 aliphatic heterocycles. The van der Waals surface area contributed by atoms with Crippen LogP contribution in [0.1, 0.15) is 16.1 Å². The Balaban J connectivity index is 1.92. The van der Waals surface area contributed by atoms with Crippen molar-refractivity contribution in [3.05, 3.63) is 57.8 Å². The molecule has 0 fully saturated rings. The highest BCUT2D eigenvalue weighted by Gasteiger charge is 2.19. The van der Waals surface area contributed by atoms with E-state index in [1.165, 1.54) is 12.1 Å². The third-order valence-electron chi connectivity index (χ3n) is 2.63. The summed E-state index contributed by atoms with van der Waals surface area (Å²) in [6, 6.07) is 10.3. The quantitative estimate of drug-likeness (QED) is 0.505. The molecule has 9 nitrogen and oxygen atoms in total. The molecule has 0 unspecified atom stereocenters. The second-order valence-corrected chi connectivity index (χ2v) is 4.18. The van der Waals surface area contributed by atoms with E-state index in [4.69, 9.17) is 5.26 Å². The predicted molar refractivity (Wildman–Crippen MR) is 75.4 cm³/mol. The standard InChI is InChI=1S/C14H9N3O6/c15-7-9-3-1-2-4-10(9)16-12(18)8-22-14(19)11-5-6-13(23-11)17(20)21/h1-6H,8H2,(H,16,18). The molecule has 0 aliphatic carbocycles. The molecule has 1 aromatic carbocycles. The number of amides is 1. The van der Waals surface area contributed by atoms with Crippen LogP contribution in [0.5, 0.6) is 0 Å². The number of nitriles is 1. The van der Waals surface area contributed by atoms with E-state index in [1.807, 2.05) is 6.07 Å². The molecule has 1 N–H and O–H groups in total. The van der Waals surface area contributed by atoms with Crippen LogP contribution in [0.3, 0.4) is 0 Å². The first-order chi connectivity index (χ1) is 11.0. The van der Waals surface area contributed by atoms with Crippen molar-refractivity contribution in [2.24, 2.45) is 0 Å². The Morgan fingerprint density at radius 1 is 1.30 bits per heavy atom. The van der Waals surface area contributed by atoms with Gasteiger partial charge in [-0.25, -0.2) is 4.79 Å². The Morgan fingerprint density at radius 2 is 2.04 bits per heavy atom. The first kappa shape index (κ1) is 15.7. The first-order valence-electron chi connectivity index (χ1n) is 6.21. The van der Waals surface area contributed by atoms with Crippen LogP contribution in [0.25, 0.3) is 0 Å². The lowest BCUT2D eigenvalue weighted by atomic mass is 10.2. The summed E-state index contributed by atoms with van der Waals surface area (Å²) in [7, 11) is 0. The van der Waals surface area contributed by atoms with Gasteiger partial charge in [0.05, 0.1) is 17.3 Å². The fourth-order valence-electron chi connectivity index (χ4n) is 1.61. The zero-order chi connectivity index (χ0) is 16.8. The van der Waals surface area contributed by atoms with Crippen LogP contribution >= 0.6 is 0 Å². The van der Waals surface area contributed by atoms with Gasteiger partial charge in [0.1, 0.15) is 11.0 Å². The number of benzene rings is 1. The maximum atomic E-state index is 11.7. The number of anilines is 1. The van der Waals surface area contributed by atoms with E-state index in [0.29, 0.717) is 0 Å². The summed E-state index contributed by atoms with van der Waals surface area (Å²) in [5.41, 5.74) is 0.540. The van der Waals surface area contributed by atoms with Crippen molar-refractivity contribution in [3.8, 4) is 6.07 Å². The Morgan fingerprint density at radius 3 is 2.70 bits per heavy atom. The third-order valence-corrected chi connectivity index (χ3v) is 2.63. The number of esters is 1. The molecule has 0 saturated carbocycles. The van der Waals surface area contributed by atoms with Crippen LogP contribution in [0.4, 0.5) is 11.6 Å². The van der Waals surface area contributed by atoms with Crippen LogP contribution < -0.4 is 5.32 Å². The van der Waals surface area contributed by atoms with E-state index >= 15 is 0 Å². The Kier molecular flexibility index (Phi) is 4.69. The molecule has 1 aromatic heterocycles. The number of rotatable bonds is 5. The zero-order valence-corrected chi connectivity index (χ0v) is 11.5. The lowest BCUT2D eigenvalue weighted by Gasteiger charge is -2.06. The second-order valence-electron chi connectivity index (χ2n) is 4.18. The van der Waals surface area contributed by atoms with E-state index < -0.39 is 29.3 Å². The number of nitrogens with one attached hydrogen (secondary N) is 1. The minimum atomic E-state index is -1.01. The molecule has 0 radical (unpaired) electrons. The van der Waals surface area contributed by atoms with Crippen molar-refractivity contribution in [3.63, 3.8) is 0 Å². The van der Waals surface area contributed by atoms with Crippen LogP contribution in [0.2, 0.25) is 0 Å². The summed E-state index contributed by atoms with van der Waals surface area (Å²) in [5.74, 6) is -2.67. The molecular weight excluding hydrogens is 306 g/mol. The van der Waals surface area contributed by atoms with Crippen molar-refractivity contribution in [1.29, 1.82) is 5.26 Å². The van der Waals surface area contributed by atoms with Gasteiger partial charge in [-0.05, 0) is 18.2 Å². The summed E-state index contributed by atoms with van der Waals surface area (Å²) in [4.78, 5) is 32.9. The monoisotopic (exact) mass is 315 g/mol. The highest BCUT2D eigenvalue weighted by Crippen LogP contribution is 2.16. The predicted octanol–water partition coefficient (Wildman–Crippen LogP) is 1.85. The number of hydrogen-bond donors (Lipinski definition) is 1. The molecular formula is C14H9N3O6. The molecule has 2 aromatic rings. The molecule has 0 aliphatic rings. The molecule has 0 spiro atoms. The number of carbonyl (C=O) groups is 2. The van der Waals surface area contributed by atoms with Gasteiger partial charge in [0.2, 0.25) is 5.76 Å². The molecule has 1 amide bonds. The van der Waals surface area contributed by atoms with Crippen molar-refractivity contribution in [1.82, 2.24) is 0 Å². The molecule has 2 rings (SSSR count). The normalized spacial score (nSPS) is 9.70. The Hall–Kier alpha value is -3.67. The summed E-state index contributed by atoms with van der Waals surface area (Å²) in [6.07, 6.45) is 0. The minimum Gasteiger partial charge on any atom is -0.450 e. The van der Waals surface area contributed by atoms with E-state index in [-0.39, 0.29) is 17.0 Å². The van der Waals surface area contributed by atoms with Gasteiger partial charge in [-0.1, -0.05) is 12.1 Å². The SMILES string of the molecule is N#Cc1ccccc1NC(=O)COC(=O)c1ccc([N+](=O)[O-])o1. The number of carbonyl (C=O) groups excluding carboxylic acids is 2. The van der Waals surface area contributed by atoms with Crippen molar-refractivity contribution in [2.75, 3.05) is 11.9 Å². The lowest BCUT2D eigenvalue weighted by molar-refractivity contribution is -0.402. The molecule has 1 heterocycles. The van der Waals surface area contributed by atoms with Crippen LogP contribution in [0.15, 0.2) is 40.8 Å². The van der Waals surface area contributed by atoms with E-state index in [1.54, 1.807) is 12.1 Å². The Labute approximate surface area is 129 Å². The summed E-state index contributed by atoms with van der Waals surface area (Å²) in [6.45, 7) is -0.632. The number of para-hydroxylation sites is 1. The molecule has 0 bridgehead atoms. The Bertz CT molecular complexity index is 805. The van der Waals surface area contributed by atoms with E-state index in [2.05, 4.69) is 14.5 Å². The van der Waals surface area contributed by atoms with E-state index in [9.17, 15) is 19.7 Å². The minimum absolute atomic E-state index is 0.258. The van der Waals surface area contributed by atoms with Crippen LogP contribution in [0, 0.1) is 21.4 Å². The van der Waals surface area contributed by atoms with Gasteiger partial charge in [-0.2, -0.15) is 5.26 Å². The van der Waals surface area contributed by atoms with Gasteiger partial charge in [0.25, 0.3) is 5.91 Å². The largest absolute Gasteiger partial charge is 0.450 e. The summed E-state index contributed by atoms with van der Waals surface area (Å²) >= 11 is 0. The van der Waals surface area contributed by atoms with E-state index in [0.717, 1.165) is 12.1 Å². The highest BCUT2D eigenvalue weighted by molar-refractivity contribution is 5.95. The topological polar surface area (TPSA) is 135 Å². The molecule has 0 saturated heterocycles. The molecule has 0 atom stereocenters. The molecule has 116 valence electrons. The van der Waals surface area contributed by atoms with Crippen molar-refractivity contribution in [2.45, 2.75) is 0 Å². The van der Waals surface area contributed by atoms with Crippen LogP contribution in [-0.4, -0.2) is 23.4 Å². The lowest BCUT2D eigenvalue weighted by Crippen LogP contribution is -2.21. The second kappa shape index (κ2) is 6.86. The summed E-state index contributed by atoms with van der Waals surface area (Å²) < 4.78 is 9.32. The summed E-state index contributed by atoms with van der Waals surface area (Å²) in [5, 5.41) is 21.7. The average Bonchev–Trinajstić information content (AvgIpc) is 3.03. The van der Waals surface area contributed by atoms with Gasteiger partial charge < -0.3 is 14.5 Å². The molecule has 23 heavy (non-hydrogen) atoms.